The van der Waals surface area contributed by atoms with Gasteiger partial charge in [0.05, 0.1) is 13.2 Å². The monoisotopic (exact) mass is 329 g/mol. The molecular formula is C19H23NO4. The van der Waals surface area contributed by atoms with Crippen molar-refractivity contribution in [3.8, 4) is 5.75 Å². The van der Waals surface area contributed by atoms with Crippen LogP contribution in [0, 0.1) is 6.92 Å². The zero-order chi connectivity index (χ0) is 17.2. The lowest BCUT2D eigenvalue weighted by molar-refractivity contribution is -0.123. The minimum Gasteiger partial charge on any atom is -0.493 e. The molecule has 5 nitrogen and oxygen atoms in total. The highest BCUT2D eigenvalue weighted by molar-refractivity contribution is 5.77. The molecule has 24 heavy (non-hydrogen) atoms. The van der Waals surface area contributed by atoms with Gasteiger partial charge >= 0.3 is 0 Å². The number of amides is 1. The molecule has 0 saturated heterocycles. The van der Waals surface area contributed by atoms with Crippen LogP contribution in [-0.4, -0.2) is 24.2 Å². The summed E-state index contributed by atoms with van der Waals surface area (Å²) in [7, 11) is 0. The number of carbonyl (C=O) groups excluding carboxylic acids is 1. The second-order valence-corrected chi connectivity index (χ2v) is 6.54. The number of nitrogens with one attached hydrogen (secondary N) is 1. The van der Waals surface area contributed by atoms with Crippen molar-refractivity contribution < 1.29 is 19.1 Å². The van der Waals surface area contributed by atoms with Gasteiger partial charge in [-0.25, -0.2) is 0 Å². The van der Waals surface area contributed by atoms with Gasteiger partial charge in [0, 0.05) is 6.42 Å². The van der Waals surface area contributed by atoms with Crippen molar-refractivity contribution in [3.05, 3.63) is 53.5 Å². The number of para-hydroxylation sites is 1. The van der Waals surface area contributed by atoms with E-state index in [-0.39, 0.29) is 18.4 Å². The summed E-state index contributed by atoms with van der Waals surface area (Å²) in [5, 5.41) is 13.3. The third-order valence-corrected chi connectivity index (χ3v) is 4.42. The predicted octanol–water partition coefficient (Wildman–Crippen LogP) is 2.87. The molecule has 1 aromatic heterocycles. The standard InChI is InChI=1S/C19H23NO4/c1-13-7-8-17(24-13)19(2,22)12-20-18(21)11-14-9-10-23-16-6-4-3-5-15(14)16/h3-8,14,22H,9-12H2,1-2H3,(H,20,21). The Bertz CT molecular complexity index is 720. The molecule has 0 spiro atoms. The van der Waals surface area contributed by atoms with Crippen LogP contribution < -0.4 is 10.1 Å². The summed E-state index contributed by atoms with van der Waals surface area (Å²) >= 11 is 0. The van der Waals surface area contributed by atoms with Crippen LogP contribution >= 0.6 is 0 Å². The number of aryl methyl sites for hydroxylation is 1. The normalized spacial score (nSPS) is 19.0. The van der Waals surface area contributed by atoms with E-state index in [0.29, 0.717) is 18.8 Å². The number of furan rings is 1. The van der Waals surface area contributed by atoms with Crippen LogP contribution in [0.25, 0.3) is 0 Å². The molecule has 2 unspecified atom stereocenters. The van der Waals surface area contributed by atoms with Crippen molar-refractivity contribution in [1.82, 2.24) is 5.32 Å². The highest BCUT2D eigenvalue weighted by Crippen LogP contribution is 2.35. The summed E-state index contributed by atoms with van der Waals surface area (Å²) in [6.07, 6.45) is 1.20. The average molecular weight is 329 g/mol. The van der Waals surface area contributed by atoms with Gasteiger partial charge in [0.25, 0.3) is 0 Å². The maximum absolute atomic E-state index is 12.3. The molecule has 2 aromatic rings. The molecule has 128 valence electrons. The fraction of sp³-hybridized carbons (Fsp3) is 0.421. The Morgan fingerprint density at radius 1 is 1.33 bits per heavy atom. The largest absolute Gasteiger partial charge is 0.493 e. The summed E-state index contributed by atoms with van der Waals surface area (Å²) < 4.78 is 11.1. The Hall–Kier alpha value is -2.27. The fourth-order valence-corrected chi connectivity index (χ4v) is 3.01. The van der Waals surface area contributed by atoms with Crippen molar-refractivity contribution in [2.75, 3.05) is 13.2 Å². The molecule has 2 heterocycles. The van der Waals surface area contributed by atoms with Gasteiger partial charge < -0.3 is 19.6 Å². The molecule has 0 saturated carbocycles. The van der Waals surface area contributed by atoms with Crippen LogP contribution in [0.15, 0.2) is 40.8 Å². The molecule has 0 aliphatic carbocycles. The van der Waals surface area contributed by atoms with E-state index >= 15 is 0 Å². The minimum atomic E-state index is -1.22. The second-order valence-electron chi connectivity index (χ2n) is 6.54. The van der Waals surface area contributed by atoms with Crippen LogP contribution in [0.4, 0.5) is 0 Å². The van der Waals surface area contributed by atoms with Crippen molar-refractivity contribution in [1.29, 1.82) is 0 Å². The molecule has 5 heteroatoms. The first-order valence-electron chi connectivity index (χ1n) is 8.23. The maximum Gasteiger partial charge on any atom is 0.220 e. The Balaban J connectivity index is 1.59. The van der Waals surface area contributed by atoms with Gasteiger partial charge in [0.15, 0.2) is 0 Å². The molecule has 1 aliphatic heterocycles. The second kappa shape index (κ2) is 6.69. The van der Waals surface area contributed by atoms with Crippen LogP contribution in [0.3, 0.4) is 0 Å². The highest BCUT2D eigenvalue weighted by atomic mass is 16.5. The number of ether oxygens (including phenoxy) is 1. The van der Waals surface area contributed by atoms with Crippen LogP contribution in [-0.2, 0) is 10.4 Å². The lowest BCUT2D eigenvalue weighted by Gasteiger charge is -2.26. The lowest BCUT2D eigenvalue weighted by Crippen LogP contribution is -2.39. The Labute approximate surface area is 141 Å². The SMILES string of the molecule is Cc1ccc(C(C)(O)CNC(=O)CC2CCOc3ccccc32)o1. The number of hydrogen-bond donors (Lipinski definition) is 2. The topological polar surface area (TPSA) is 71.7 Å². The first-order valence-corrected chi connectivity index (χ1v) is 8.23. The van der Waals surface area contributed by atoms with E-state index in [4.69, 9.17) is 9.15 Å². The summed E-state index contributed by atoms with van der Waals surface area (Å²) in [6.45, 7) is 4.19. The van der Waals surface area contributed by atoms with E-state index in [1.807, 2.05) is 31.2 Å². The Kier molecular flexibility index (Phi) is 4.62. The Morgan fingerprint density at radius 3 is 2.88 bits per heavy atom. The van der Waals surface area contributed by atoms with Crippen molar-refractivity contribution >= 4 is 5.91 Å². The van der Waals surface area contributed by atoms with Gasteiger partial charge in [0.2, 0.25) is 5.91 Å². The predicted molar refractivity (Wildman–Crippen MR) is 89.9 cm³/mol. The Morgan fingerprint density at radius 2 is 2.12 bits per heavy atom. The molecule has 0 radical (unpaired) electrons. The molecule has 1 aliphatic rings. The van der Waals surface area contributed by atoms with Crippen molar-refractivity contribution in [3.63, 3.8) is 0 Å². The van der Waals surface area contributed by atoms with Gasteiger partial charge in [-0.05, 0) is 49.9 Å². The van der Waals surface area contributed by atoms with Gasteiger partial charge in [-0.1, -0.05) is 18.2 Å². The smallest absolute Gasteiger partial charge is 0.220 e. The number of aliphatic hydroxyl groups is 1. The molecule has 0 bridgehead atoms. The van der Waals surface area contributed by atoms with Crippen LogP contribution in [0.1, 0.15) is 42.8 Å². The van der Waals surface area contributed by atoms with Gasteiger partial charge in [-0.2, -0.15) is 0 Å². The van der Waals surface area contributed by atoms with E-state index in [0.717, 1.165) is 23.5 Å². The van der Waals surface area contributed by atoms with Gasteiger partial charge in [0.1, 0.15) is 22.9 Å². The minimum absolute atomic E-state index is 0.0831. The molecule has 0 fully saturated rings. The van der Waals surface area contributed by atoms with E-state index in [1.165, 1.54) is 0 Å². The summed E-state index contributed by atoms with van der Waals surface area (Å²) in [4.78, 5) is 12.3. The number of hydrogen-bond acceptors (Lipinski definition) is 4. The maximum atomic E-state index is 12.3. The summed E-state index contributed by atoms with van der Waals surface area (Å²) in [6, 6.07) is 11.4. The molecule has 2 atom stereocenters. The van der Waals surface area contributed by atoms with E-state index < -0.39 is 5.60 Å². The molecule has 1 amide bonds. The quantitative estimate of drug-likeness (QED) is 0.885. The molecular weight excluding hydrogens is 306 g/mol. The number of benzene rings is 1. The van der Waals surface area contributed by atoms with E-state index in [9.17, 15) is 9.90 Å². The number of fused-ring (bicyclic) bond motifs is 1. The zero-order valence-corrected chi connectivity index (χ0v) is 14.0. The summed E-state index contributed by atoms with van der Waals surface area (Å²) in [5.41, 5.74) is -0.148. The molecule has 2 N–H and O–H groups in total. The first kappa shape index (κ1) is 16.6. The van der Waals surface area contributed by atoms with Crippen LogP contribution in [0.5, 0.6) is 5.75 Å². The van der Waals surface area contributed by atoms with Gasteiger partial charge in [-0.15, -0.1) is 0 Å². The first-order chi connectivity index (χ1) is 11.5. The third-order valence-electron chi connectivity index (χ3n) is 4.42. The molecule has 3 rings (SSSR count). The zero-order valence-electron chi connectivity index (χ0n) is 14.0. The number of rotatable bonds is 5. The van der Waals surface area contributed by atoms with E-state index in [1.54, 1.807) is 19.1 Å². The third kappa shape index (κ3) is 3.62. The summed E-state index contributed by atoms with van der Waals surface area (Å²) in [5.74, 6) is 2.11. The van der Waals surface area contributed by atoms with Crippen molar-refractivity contribution in [2.24, 2.45) is 0 Å². The van der Waals surface area contributed by atoms with E-state index in [2.05, 4.69) is 5.32 Å². The fourth-order valence-electron chi connectivity index (χ4n) is 3.01. The lowest BCUT2D eigenvalue weighted by atomic mass is 9.90. The highest BCUT2D eigenvalue weighted by Gasteiger charge is 2.29. The number of carbonyl (C=O) groups is 1. The van der Waals surface area contributed by atoms with Crippen molar-refractivity contribution in [2.45, 2.75) is 38.2 Å². The average Bonchev–Trinajstić information content (AvgIpc) is 3.01. The van der Waals surface area contributed by atoms with Crippen LogP contribution in [0.2, 0.25) is 0 Å². The van der Waals surface area contributed by atoms with Gasteiger partial charge in [-0.3, -0.25) is 4.79 Å². The molecule has 1 aromatic carbocycles.